The summed E-state index contributed by atoms with van der Waals surface area (Å²) in [4.78, 5) is 16.9. The average molecular weight is 404 g/mol. The van der Waals surface area contributed by atoms with Crippen LogP contribution >= 0.6 is 23.2 Å². The molecule has 1 N–H and O–H groups in total. The Bertz CT molecular complexity index is 982. The lowest BCUT2D eigenvalue weighted by Crippen LogP contribution is -2.20. The van der Waals surface area contributed by atoms with Gasteiger partial charge in [-0.25, -0.2) is 4.98 Å². The topological polar surface area (TPSA) is 46.9 Å². The third-order valence-electron chi connectivity index (χ3n) is 4.17. The molecule has 0 aliphatic rings. The summed E-state index contributed by atoms with van der Waals surface area (Å²) in [5.41, 5.74) is 3.71. The van der Waals surface area contributed by atoms with E-state index in [1.807, 2.05) is 58.2 Å². The van der Waals surface area contributed by atoms with Crippen molar-refractivity contribution in [1.82, 2.24) is 9.55 Å². The molecule has 0 spiro atoms. The molecule has 3 aromatic rings. The van der Waals surface area contributed by atoms with Crippen molar-refractivity contribution in [2.75, 3.05) is 5.32 Å². The molecule has 0 radical (unpaired) electrons. The molecule has 3 rings (SSSR count). The number of aryl methyl sites for hydroxylation is 1. The highest BCUT2D eigenvalue weighted by molar-refractivity contribution is 6.34. The number of halogens is 2. The standard InChI is InChI=1S/C21H23Cl2N3O/c1-13-7-18-17(24-20(13)25-19(27)11-21(2,3)4)5-6-26(18)12-14-8-15(22)10-16(23)9-14/h5-10H,11-12H2,1-4H3,(H,24,25,27). The van der Waals surface area contributed by atoms with Crippen LogP contribution in [0.5, 0.6) is 0 Å². The van der Waals surface area contributed by atoms with E-state index in [0.717, 1.165) is 22.2 Å². The van der Waals surface area contributed by atoms with Gasteiger partial charge in [-0.05, 0) is 53.8 Å². The maximum absolute atomic E-state index is 12.2. The molecule has 4 nitrogen and oxygen atoms in total. The summed E-state index contributed by atoms with van der Waals surface area (Å²) in [7, 11) is 0. The van der Waals surface area contributed by atoms with E-state index in [0.29, 0.717) is 28.8 Å². The molecule has 0 saturated heterocycles. The number of benzene rings is 1. The fraction of sp³-hybridized carbons (Fsp3) is 0.333. The second kappa shape index (κ2) is 7.53. The first kappa shape index (κ1) is 19.7. The minimum atomic E-state index is -0.0658. The van der Waals surface area contributed by atoms with Crippen LogP contribution in [0.25, 0.3) is 11.0 Å². The number of anilines is 1. The fourth-order valence-electron chi connectivity index (χ4n) is 3.03. The van der Waals surface area contributed by atoms with Crippen molar-refractivity contribution in [3.63, 3.8) is 0 Å². The smallest absolute Gasteiger partial charge is 0.226 e. The highest BCUT2D eigenvalue weighted by Gasteiger charge is 2.17. The van der Waals surface area contributed by atoms with Crippen LogP contribution in [-0.2, 0) is 11.3 Å². The van der Waals surface area contributed by atoms with Gasteiger partial charge < -0.3 is 9.88 Å². The Morgan fingerprint density at radius 2 is 1.81 bits per heavy atom. The van der Waals surface area contributed by atoms with Crippen LogP contribution in [0.15, 0.2) is 36.5 Å². The molecule has 0 aliphatic heterocycles. The van der Waals surface area contributed by atoms with Gasteiger partial charge in [0.25, 0.3) is 0 Å². The molecule has 0 atom stereocenters. The van der Waals surface area contributed by atoms with E-state index in [2.05, 4.69) is 14.9 Å². The van der Waals surface area contributed by atoms with Crippen molar-refractivity contribution in [2.24, 2.45) is 5.41 Å². The van der Waals surface area contributed by atoms with Crippen LogP contribution in [0.4, 0.5) is 5.82 Å². The molecular weight excluding hydrogens is 381 g/mol. The Labute approximate surface area is 169 Å². The minimum Gasteiger partial charge on any atom is -0.342 e. The predicted molar refractivity (Wildman–Crippen MR) is 113 cm³/mol. The third kappa shape index (κ3) is 5.02. The van der Waals surface area contributed by atoms with Gasteiger partial charge >= 0.3 is 0 Å². The Morgan fingerprint density at radius 3 is 2.44 bits per heavy atom. The van der Waals surface area contributed by atoms with E-state index in [1.54, 1.807) is 6.07 Å². The van der Waals surface area contributed by atoms with Gasteiger partial charge in [-0.2, -0.15) is 0 Å². The van der Waals surface area contributed by atoms with Crippen molar-refractivity contribution in [2.45, 2.75) is 40.7 Å². The molecule has 0 saturated carbocycles. The lowest BCUT2D eigenvalue weighted by atomic mass is 9.92. The van der Waals surface area contributed by atoms with E-state index in [4.69, 9.17) is 23.2 Å². The molecule has 142 valence electrons. The van der Waals surface area contributed by atoms with Crippen LogP contribution in [-0.4, -0.2) is 15.5 Å². The van der Waals surface area contributed by atoms with E-state index in [1.165, 1.54) is 0 Å². The predicted octanol–water partition coefficient (Wildman–Crippen LogP) is 6.07. The zero-order valence-electron chi connectivity index (χ0n) is 15.9. The van der Waals surface area contributed by atoms with Crippen molar-refractivity contribution in [3.05, 3.63) is 57.7 Å². The number of nitrogens with zero attached hydrogens (tertiary/aromatic N) is 2. The number of fused-ring (bicyclic) bond motifs is 1. The number of hydrogen-bond donors (Lipinski definition) is 1. The second-order valence-corrected chi connectivity index (χ2v) is 8.94. The third-order valence-corrected chi connectivity index (χ3v) is 4.60. The highest BCUT2D eigenvalue weighted by Crippen LogP contribution is 2.25. The monoisotopic (exact) mass is 403 g/mol. The Morgan fingerprint density at radius 1 is 1.15 bits per heavy atom. The van der Waals surface area contributed by atoms with Gasteiger partial charge in [0.2, 0.25) is 5.91 Å². The van der Waals surface area contributed by atoms with Crippen LogP contribution in [0.3, 0.4) is 0 Å². The number of carbonyl (C=O) groups is 1. The minimum absolute atomic E-state index is 0.0227. The first-order chi connectivity index (χ1) is 12.6. The summed E-state index contributed by atoms with van der Waals surface area (Å²) in [6.45, 7) is 8.71. The summed E-state index contributed by atoms with van der Waals surface area (Å²) in [6, 6.07) is 9.52. The van der Waals surface area contributed by atoms with Crippen LogP contribution < -0.4 is 5.32 Å². The van der Waals surface area contributed by atoms with Gasteiger partial charge in [0, 0.05) is 29.2 Å². The van der Waals surface area contributed by atoms with Crippen LogP contribution in [0, 0.1) is 12.3 Å². The van der Waals surface area contributed by atoms with Gasteiger partial charge in [-0.15, -0.1) is 0 Å². The quantitative estimate of drug-likeness (QED) is 0.573. The summed E-state index contributed by atoms with van der Waals surface area (Å²) in [5.74, 6) is 0.589. The van der Waals surface area contributed by atoms with Gasteiger partial charge in [0.15, 0.2) is 0 Å². The summed E-state index contributed by atoms with van der Waals surface area (Å²) < 4.78 is 2.10. The molecule has 0 aliphatic carbocycles. The zero-order valence-corrected chi connectivity index (χ0v) is 17.4. The molecular formula is C21H23Cl2N3O. The van der Waals surface area contributed by atoms with E-state index in [9.17, 15) is 4.79 Å². The number of aromatic nitrogens is 2. The normalized spacial score (nSPS) is 11.8. The maximum Gasteiger partial charge on any atom is 0.226 e. The van der Waals surface area contributed by atoms with Crippen LogP contribution in [0.2, 0.25) is 10.0 Å². The number of pyridine rings is 1. The highest BCUT2D eigenvalue weighted by atomic mass is 35.5. The maximum atomic E-state index is 12.2. The second-order valence-electron chi connectivity index (χ2n) is 8.07. The van der Waals surface area contributed by atoms with E-state index < -0.39 is 0 Å². The first-order valence-electron chi connectivity index (χ1n) is 8.82. The molecule has 6 heteroatoms. The molecule has 0 bridgehead atoms. The summed E-state index contributed by atoms with van der Waals surface area (Å²) >= 11 is 12.2. The fourth-order valence-corrected chi connectivity index (χ4v) is 3.60. The largest absolute Gasteiger partial charge is 0.342 e. The molecule has 1 aromatic carbocycles. The van der Waals surface area contributed by atoms with E-state index in [-0.39, 0.29) is 11.3 Å². The van der Waals surface area contributed by atoms with Crippen molar-refractivity contribution in [3.8, 4) is 0 Å². The van der Waals surface area contributed by atoms with Crippen molar-refractivity contribution >= 4 is 46.0 Å². The molecule has 2 aromatic heterocycles. The molecule has 0 fully saturated rings. The van der Waals surface area contributed by atoms with Crippen LogP contribution in [0.1, 0.15) is 38.3 Å². The van der Waals surface area contributed by atoms with Gasteiger partial charge in [0.05, 0.1) is 11.0 Å². The zero-order chi connectivity index (χ0) is 19.8. The number of hydrogen-bond acceptors (Lipinski definition) is 2. The lowest BCUT2D eigenvalue weighted by Gasteiger charge is -2.17. The SMILES string of the molecule is Cc1cc2c(ccn2Cc2cc(Cl)cc(Cl)c2)nc1NC(=O)CC(C)(C)C. The number of amides is 1. The average Bonchev–Trinajstić information content (AvgIpc) is 2.86. The Kier molecular flexibility index (Phi) is 5.50. The molecule has 2 heterocycles. The van der Waals surface area contributed by atoms with E-state index >= 15 is 0 Å². The molecule has 0 unspecified atom stereocenters. The molecule has 1 amide bonds. The number of rotatable bonds is 4. The number of carbonyl (C=O) groups excluding carboxylic acids is 1. The summed E-state index contributed by atoms with van der Waals surface area (Å²) in [6.07, 6.45) is 2.43. The van der Waals surface area contributed by atoms with Gasteiger partial charge in [0.1, 0.15) is 5.82 Å². The van der Waals surface area contributed by atoms with Crippen molar-refractivity contribution < 1.29 is 4.79 Å². The summed E-state index contributed by atoms with van der Waals surface area (Å²) in [5, 5.41) is 4.17. The number of nitrogens with one attached hydrogen (secondary N) is 1. The Hall–Kier alpha value is -2.04. The van der Waals surface area contributed by atoms with Gasteiger partial charge in [-0.3, -0.25) is 4.79 Å². The van der Waals surface area contributed by atoms with Crippen molar-refractivity contribution in [1.29, 1.82) is 0 Å². The first-order valence-corrected chi connectivity index (χ1v) is 9.58. The lowest BCUT2D eigenvalue weighted by molar-refractivity contribution is -0.117. The van der Waals surface area contributed by atoms with Gasteiger partial charge in [-0.1, -0.05) is 44.0 Å². The molecule has 27 heavy (non-hydrogen) atoms. The Balaban J connectivity index is 1.87.